The molecule has 142 valence electrons. The van der Waals surface area contributed by atoms with Crippen LogP contribution in [0.25, 0.3) is 0 Å². The van der Waals surface area contributed by atoms with E-state index in [0.29, 0.717) is 36.6 Å². The number of carbonyl (C=O) groups is 3. The maximum atomic E-state index is 12.9. The van der Waals surface area contributed by atoms with E-state index in [4.69, 9.17) is 0 Å². The van der Waals surface area contributed by atoms with Crippen molar-refractivity contribution in [3.8, 4) is 0 Å². The number of aromatic nitrogens is 2. The molecule has 0 radical (unpaired) electrons. The van der Waals surface area contributed by atoms with Crippen LogP contribution in [0.2, 0.25) is 0 Å². The van der Waals surface area contributed by atoms with Gasteiger partial charge in [-0.3, -0.25) is 19.1 Å². The number of carbonyl (C=O) groups excluding carboxylic acids is 3. The maximum Gasteiger partial charge on any atom is 0.246 e. The molecule has 1 aromatic heterocycles. The highest BCUT2D eigenvalue weighted by atomic mass is 16.2. The van der Waals surface area contributed by atoms with E-state index in [9.17, 15) is 14.4 Å². The van der Waals surface area contributed by atoms with Gasteiger partial charge in [0.25, 0.3) is 0 Å². The smallest absolute Gasteiger partial charge is 0.246 e. The molecule has 2 amide bonds. The first-order chi connectivity index (χ1) is 12.4. The Labute approximate surface area is 153 Å². The topological polar surface area (TPSA) is 87.5 Å². The molecule has 2 saturated heterocycles. The molecule has 0 saturated carbocycles. The highest BCUT2D eigenvalue weighted by Crippen LogP contribution is 2.16. The van der Waals surface area contributed by atoms with Crippen LogP contribution in [-0.2, 0) is 16.1 Å². The lowest BCUT2D eigenvalue weighted by atomic mass is 10.1. The second-order valence-corrected chi connectivity index (χ2v) is 7.10. The average Bonchev–Trinajstić information content (AvgIpc) is 3.23. The lowest BCUT2D eigenvalue weighted by molar-refractivity contribution is -0.146. The zero-order valence-electron chi connectivity index (χ0n) is 15.7. The number of ketones is 1. The van der Waals surface area contributed by atoms with Crippen molar-refractivity contribution in [1.29, 1.82) is 0 Å². The van der Waals surface area contributed by atoms with E-state index < -0.39 is 6.04 Å². The number of hydrogen-bond donors (Lipinski definition) is 1. The van der Waals surface area contributed by atoms with Gasteiger partial charge in [0.05, 0.1) is 11.3 Å². The highest BCUT2D eigenvalue weighted by molar-refractivity contribution is 5.96. The van der Waals surface area contributed by atoms with Crippen molar-refractivity contribution >= 4 is 17.6 Å². The van der Waals surface area contributed by atoms with Crippen molar-refractivity contribution in [2.75, 3.05) is 32.7 Å². The molecule has 0 aliphatic carbocycles. The number of nitrogens with zero attached hydrogens (tertiary/aromatic N) is 4. The van der Waals surface area contributed by atoms with Crippen molar-refractivity contribution in [3.05, 3.63) is 17.0 Å². The molecule has 2 aliphatic rings. The Hall–Kier alpha value is -2.22. The van der Waals surface area contributed by atoms with Gasteiger partial charge in [-0.15, -0.1) is 0 Å². The Morgan fingerprint density at radius 3 is 2.46 bits per heavy atom. The van der Waals surface area contributed by atoms with Crippen LogP contribution in [-0.4, -0.2) is 75.9 Å². The van der Waals surface area contributed by atoms with E-state index in [0.717, 1.165) is 25.9 Å². The van der Waals surface area contributed by atoms with Crippen LogP contribution >= 0.6 is 0 Å². The van der Waals surface area contributed by atoms with Gasteiger partial charge >= 0.3 is 0 Å². The van der Waals surface area contributed by atoms with Crippen molar-refractivity contribution in [2.24, 2.45) is 0 Å². The molecule has 0 spiro atoms. The van der Waals surface area contributed by atoms with Crippen molar-refractivity contribution in [1.82, 2.24) is 24.9 Å². The SMILES string of the molecule is CC(=O)c1c(C)nn(CC(=O)N2CCNCC2C(=O)N2CCCC2)c1C. The average molecular weight is 361 g/mol. The van der Waals surface area contributed by atoms with Crippen LogP contribution in [0.15, 0.2) is 0 Å². The van der Waals surface area contributed by atoms with E-state index in [1.54, 1.807) is 23.4 Å². The Bertz CT molecular complexity index is 721. The monoisotopic (exact) mass is 361 g/mol. The van der Waals surface area contributed by atoms with Gasteiger partial charge in [0, 0.05) is 38.4 Å². The van der Waals surface area contributed by atoms with Crippen molar-refractivity contribution in [3.63, 3.8) is 0 Å². The molecule has 0 aromatic carbocycles. The third-order valence-electron chi connectivity index (χ3n) is 5.29. The maximum absolute atomic E-state index is 12.9. The predicted molar refractivity (Wildman–Crippen MR) is 95.9 cm³/mol. The second kappa shape index (κ2) is 7.57. The number of piperazine rings is 1. The highest BCUT2D eigenvalue weighted by Gasteiger charge is 2.35. The van der Waals surface area contributed by atoms with Crippen LogP contribution in [0.4, 0.5) is 0 Å². The molecule has 2 aliphatic heterocycles. The minimum Gasteiger partial charge on any atom is -0.341 e. The lowest BCUT2D eigenvalue weighted by Gasteiger charge is -2.37. The van der Waals surface area contributed by atoms with Crippen molar-refractivity contribution < 1.29 is 14.4 Å². The molecule has 3 rings (SSSR count). The Balaban J connectivity index is 1.76. The number of aryl methyl sites for hydroxylation is 1. The zero-order chi connectivity index (χ0) is 18.8. The van der Waals surface area contributed by atoms with Crippen LogP contribution in [0.5, 0.6) is 0 Å². The molecule has 8 nitrogen and oxygen atoms in total. The molecule has 0 bridgehead atoms. The fourth-order valence-electron chi connectivity index (χ4n) is 3.95. The first-order valence-corrected chi connectivity index (χ1v) is 9.24. The molecular weight excluding hydrogens is 334 g/mol. The van der Waals surface area contributed by atoms with E-state index in [2.05, 4.69) is 10.4 Å². The first kappa shape index (κ1) is 18.6. The molecule has 8 heteroatoms. The number of amides is 2. The van der Waals surface area contributed by atoms with Crippen LogP contribution in [0.3, 0.4) is 0 Å². The molecule has 1 aromatic rings. The fraction of sp³-hybridized carbons (Fsp3) is 0.667. The van der Waals surface area contributed by atoms with Crippen LogP contribution < -0.4 is 5.32 Å². The lowest BCUT2D eigenvalue weighted by Crippen LogP contribution is -2.60. The van der Waals surface area contributed by atoms with Gasteiger partial charge in [0.1, 0.15) is 12.6 Å². The summed E-state index contributed by atoms with van der Waals surface area (Å²) >= 11 is 0. The number of rotatable bonds is 4. The Kier molecular flexibility index (Phi) is 5.41. The van der Waals surface area contributed by atoms with Gasteiger partial charge < -0.3 is 15.1 Å². The van der Waals surface area contributed by atoms with E-state index >= 15 is 0 Å². The minimum absolute atomic E-state index is 0.0286. The summed E-state index contributed by atoms with van der Waals surface area (Å²) in [6, 6.07) is -0.460. The van der Waals surface area contributed by atoms with E-state index in [1.165, 1.54) is 6.92 Å². The van der Waals surface area contributed by atoms with Gasteiger partial charge in [0.15, 0.2) is 5.78 Å². The third-order valence-corrected chi connectivity index (χ3v) is 5.29. The summed E-state index contributed by atoms with van der Waals surface area (Å²) in [5.41, 5.74) is 1.90. The largest absolute Gasteiger partial charge is 0.341 e. The number of likely N-dealkylation sites (tertiary alicyclic amines) is 1. The quantitative estimate of drug-likeness (QED) is 0.770. The first-order valence-electron chi connectivity index (χ1n) is 9.24. The number of nitrogens with one attached hydrogen (secondary N) is 1. The molecule has 1 unspecified atom stereocenters. The van der Waals surface area contributed by atoms with Gasteiger partial charge in [-0.2, -0.15) is 5.10 Å². The predicted octanol–water partition coefficient (Wildman–Crippen LogP) is 0.125. The standard InChI is InChI=1S/C18H27N5O3/c1-12-17(14(3)24)13(2)23(20-12)11-16(25)22-9-6-19-10-15(22)18(26)21-7-4-5-8-21/h15,19H,4-11H2,1-3H3. The Morgan fingerprint density at radius 2 is 1.85 bits per heavy atom. The van der Waals surface area contributed by atoms with Gasteiger partial charge in [-0.05, 0) is 33.6 Å². The summed E-state index contributed by atoms with van der Waals surface area (Å²) in [6.07, 6.45) is 2.05. The Morgan fingerprint density at radius 1 is 1.15 bits per heavy atom. The zero-order valence-corrected chi connectivity index (χ0v) is 15.7. The molecule has 1 N–H and O–H groups in total. The molecule has 1 atom stereocenters. The van der Waals surface area contributed by atoms with Gasteiger partial charge in [-0.1, -0.05) is 0 Å². The van der Waals surface area contributed by atoms with Gasteiger partial charge in [-0.25, -0.2) is 0 Å². The minimum atomic E-state index is -0.460. The van der Waals surface area contributed by atoms with Crippen LogP contribution in [0, 0.1) is 13.8 Å². The molecular formula is C18H27N5O3. The van der Waals surface area contributed by atoms with E-state index in [-0.39, 0.29) is 24.1 Å². The molecule has 2 fully saturated rings. The summed E-state index contributed by atoms with van der Waals surface area (Å²) in [5, 5.41) is 7.57. The van der Waals surface area contributed by atoms with Gasteiger partial charge in [0.2, 0.25) is 11.8 Å². The molecule has 26 heavy (non-hydrogen) atoms. The summed E-state index contributed by atoms with van der Waals surface area (Å²) in [6.45, 7) is 8.33. The fourth-order valence-corrected chi connectivity index (χ4v) is 3.95. The number of Topliss-reactive ketones (excluding diaryl/α,β-unsaturated/α-hetero) is 1. The van der Waals surface area contributed by atoms with Crippen LogP contribution in [0.1, 0.15) is 41.5 Å². The summed E-state index contributed by atoms with van der Waals surface area (Å²) in [5.74, 6) is -0.159. The second-order valence-electron chi connectivity index (χ2n) is 7.10. The normalized spacial score (nSPS) is 20.5. The summed E-state index contributed by atoms with van der Waals surface area (Å²) in [4.78, 5) is 41.0. The number of hydrogen-bond acceptors (Lipinski definition) is 5. The molecule has 3 heterocycles. The summed E-state index contributed by atoms with van der Waals surface area (Å²) in [7, 11) is 0. The van der Waals surface area contributed by atoms with E-state index in [1.807, 2.05) is 4.90 Å². The summed E-state index contributed by atoms with van der Waals surface area (Å²) < 4.78 is 1.58. The van der Waals surface area contributed by atoms with Crippen molar-refractivity contribution in [2.45, 2.75) is 46.2 Å². The third kappa shape index (κ3) is 3.51.